The molecule has 0 spiro atoms. The van der Waals surface area contributed by atoms with Crippen molar-refractivity contribution in [1.82, 2.24) is 4.98 Å². The Morgan fingerprint density at radius 3 is 3.07 bits per heavy atom. The highest BCUT2D eigenvalue weighted by atomic mass is 32.2. The minimum Gasteiger partial charge on any atom is -0.229 e. The molecule has 0 radical (unpaired) electrons. The molecule has 1 aromatic carbocycles. The molecular weight excluding hydrogens is 222 g/mol. The van der Waals surface area contributed by atoms with Crippen molar-refractivity contribution in [2.24, 2.45) is 0 Å². The van der Waals surface area contributed by atoms with Gasteiger partial charge in [0.15, 0.2) is 4.34 Å². The van der Waals surface area contributed by atoms with E-state index in [1.165, 1.54) is 11.1 Å². The summed E-state index contributed by atoms with van der Waals surface area (Å²) in [5.74, 6) is 0. The predicted molar refractivity (Wildman–Crippen MR) is 69.5 cm³/mol. The van der Waals surface area contributed by atoms with Crippen molar-refractivity contribution in [1.29, 1.82) is 0 Å². The van der Waals surface area contributed by atoms with Gasteiger partial charge < -0.3 is 0 Å². The molecule has 15 heavy (non-hydrogen) atoms. The molecule has 0 amide bonds. The number of fused-ring (bicyclic) bond motifs is 1. The van der Waals surface area contributed by atoms with Crippen molar-refractivity contribution < 1.29 is 0 Å². The first kappa shape index (κ1) is 10.7. The number of thioether (sulfide) groups is 1. The van der Waals surface area contributed by atoms with Crippen LogP contribution in [0.5, 0.6) is 0 Å². The van der Waals surface area contributed by atoms with Crippen LogP contribution in [0.15, 0.2) is 40.1 Å². The number of nitrogens with zero attached hydrogens (tertiary/aromatic N) is 1. The summed E-state index contributed by atoms with van der Waals surface area (Å²) in [5, 5.41) is 2.14. The zero-order chi connectivity index (χ0) is 10.5. The molecule has 78 valence electrons. The van der Waals surface area contributed by atoms with E-state index >= 15 is 0 Å². The smallest absolute Gasteiger partial charge is 0.155 e. The molecule has 0 fully saturated rings. The number of benzene rings is 1. The van der Waals surface area contributed by atoms with Crippen LogP contribution in [0.1, 0.15) is 19.8 Å². The quantitative estimate of drug-likeness (QED) is 0.712. The van der Waals surface area contributed by atoms with E-state index in [0.717, 1.165) is 16.3 Å². The lowest BCUT2D eigenvalue weighted by molar-refractivity contribution is 0.960. The molecule has 3 heteroatoms. The van der Waals surface area contributed by atoms with Gasteiger partial charge in [-0.25, -0.2) is 4.98 Å². The van der Waals surface area contributed by atoms with E-state index in [-0.39, 0.29) is 0 Å². The number of allylic oxidation sites excluding steroid dienone is 1. The van der Waals surface area contributed by atoms with Crippen molar-refractivity contribution in [3.8, 4) is 0 Å². The van der Waals surface area contributed by atoms with Gasteiger partial charge >= 0.3 is 0 Å². The van der Waals surface area contributed by atoms with Crippen LogP contribution < -0.4 is 0 Å². The second-order valence-corrected chi connectivity index (χ2v) is 5.41. The molecule has 1 aromatic heterocycles. The van der Waals surface area contributed by atoms with E-state index in [4.69, 9.17) is 0 Å². The van der Waals surface area contributed by atoms with Gasteiger partial charge in [0.1, 0.15) is 0 Å². The van der Waals surface area contributed by atoms with E-state index < -0.39 is 0 Å². The first-order valence-corrected chi connectivity index (χ1v) is 6.77. The van der Waals surface area contributed by atoms with Gasteiger partial charge in [0, 0.05) is 0 Å². The average molecular weight is 235 g/mol. The zero-order valence-corrected chi connectivity index (χ0v) is 10.3. The lowest BCUT2D eigenvalue weighted by atomic mass is 10.3. The molecule has 1 heterocycles. The van der Waals surface area contributed by atoms with E-state index in [1.807, 2.05) is 6.07 Å². The SMILES string of the molecule is CCC/C=C/Sc1nc2ccccc2s1. The maximum Gasteiger partial charge on any atom is 0.155 e. The Morgan fingerprint density at radius 2 is 2.27 bits per heavy atom. The highest BCUT2D eigenvalue weighted by molar-refractivity contribution is 8.03. The molecule has 0 unspecified atom stereocenters. The van der Waals surface area contributed by atoms with Crippen LogP contribution in [0.3, 0.4) is 0 Å². The number of rotatable bonds is 4. The van der Waals surface area contributed by atoms with Crippen LogP contribution in [0, 0.1) is 0 Å². The van der Waals surface area contributed by atoms with Crippen LogP contribution in [0.25, 0.3) is 10.2 Å². The normalized spacial score (nSPS) is 11.5. The van der Waals surface area contributed by atoms with Gasteiger partial charge in [-0.3, -0.25) is 0 Å². The number of unbranched alkanes of at least 4 members (excludes halogenated alkanes) is 1. The topological polar surface area (TPSA) is 12.9 Å². The fourth-order valence-electron chi connectivity index (χ4n) is 1.24. The maximum absolute atomic E-state index is 4.54. The summed E-state index contributed by atoms with van der Waals surface area (Å²) >= 11 is 3.47. The van der Waals surface area contributed by atoms with E-state index in [1.54, 1.807) is 23.1 Å². The van der Waals surface area contributed by atoms with Crippen LogP contribution >= 0.6 is 23.1 Å². The summed E-state index contributed by atoms with van der Waals surface area (Å²) in [5.41, 5.74) is 1.11. The second kappa shape index (κ2) is 5.33. The highest BCUT2D eigenvalue weighted by Gasteiger charge is 2.00. The van der Waals surface area contributed by atoms with Crippen molar-refractivity contribution in [3.63, 3.8) is 0 Å². The number of para-hydroxylation sites is 1. The van der Waals surface area contributed by atoms with Gasteiger partial charge in [0.25, 0.3) is 0 Å². The summed E-state index contributed by atoms with van der Waals surface area (Å²) in [4.78, 5) is 4.54. The molecule has 0 aliphatic rings. The molecule has 0 aliphatic carbocycles. The van der Waals surface area contributed by atoms with E-state index in [2.05, 4.69) is 41.6 Å². The molecule has 1 nitrogen and oxygen atoms in total. The Kier molecular flexibility index (Phi) is 3.80. The second-order valence-electron chi connectivity index (χ2n) is 3.23. The summed E-state index contributed by atoms with van der Waals surface area (Å²) in [6.07, 6.45) is 4.56. The standard InChI is InChI=1S/C12H13NS2/c1-2-3-6-9-14-12-13-10-7-4-5-8-11(10)15-12/h4-9H,2-3H2,1H3/b9-6+. The number of thiazole rings is 1. The van der Waals surface area contributed by atoms with Crippen LogP contribution in [0.2, 0.25) is 0 Å². The molecule has 0 saturated heterocycles. The third-order valence-electron chi connectivity index (χ3n) is 1.99. The summed E-state index contributed by atoms with van der Waals surface area (Å²) in [6, 6.07) is 8.27. The Bertz CT molecular complexity index is 426. The van der Waals surface area contributed by atoms with Gasteiger partial charge in [0.05, 0.1) is 10.2 Å². The minimum absolute atomic E-state index is 1.11. The van der Waals surface area contributed by atoms with Gasteiger partial charge in [-0.15, -0.1) is 11.3 Å². The molecule has 0 atom stereocenters. The fraction of sp³-hybridized carbons (Fsp3) is 0.250. The molecular formula is C12H13NS2. The summed E-state index contributed by atoms with van der Waals surface area (Å²) in [6.45, 7) is 2.19. The monoisotopic (exact) mass is 235 g/mol. The van der Waals surface area contributed by atoms with E-state index in [9.17, 15) is 0 Å². The summed E-state index contributed by atoms with van der Waals surface area (Å²) < 4.78 is 2.40. The Hall–Kier alpha value is -0.800. The Balaban J connectivity index is 2.09. The van der Waals surface area contributed by atoms with Gasteiger partial charge in [0.2, 0.25) is 0 Å². The van der Waals surface area contributed by atoms with Crippen molar-refractivity contribution in [3.05, 3.63) is 35.7 Å². The Morgan fingerprint density at radius 1 is 1.40 bits per heavy atom. The number of hydrogen-bond donors (Lipinski definition) is 0. The zero-order valence-electron chi connectivity index (χ0n) is 8.64. The number of hydrogen-bond acceptors (Lipinski definition) is 3. The predicted octanol–water partition coefficient (Wildman–Crippen LogP) is 4.70. The molecule has 2 aromatic rings. The lowest BCUT2D eigenvalue weighted by Crippen LogP contribution is -1.65. The average Bonchev–Trinajstić information content (AvgIpc) is 2.67. The molecule has 0 bridgehead atoms. The van der Waals surface area contributed by atoms with Gasteiger partial charge in [-0.2, -0.15) is 0 Å². The Labute approximate surface area is 98.2 Å². The third-order valence-corrected chi connectivity index (χ3v) is 3.99. The van der Waals surface area contributed by atoms with Crippen molar-refractivity contribution in [2.45, 2.75) is 24.1 Å². The van der Waals surface area contributed by atoms with Crippen LogP contribution in [-0.4, -0.2) is 4.98 Å². The minimum atomic E-state index is 1.11. The molecule has 0 saturated carbocycles. The molecule has 2 rings (SSSR count). The lowest BCUT2D eigenvalue weighted by Gasteiger charge is -1.85. The first-order valence-electron chi connectivity index (χ1n) is 5.07. The number of aromatic nitrogens is 1. The van der Waals surface area contributed by atoms with Gasteiger partial charge in [-0.05, 0) is 24.0 Å². The van der Waals surface area contributed by atoms with Gasteiger partial charge in [-0.1, -0.05) is 43.3 Å². The summed E-state index contributed by atoms with van der Waals surface area (Å²) in [7, 11) is 0. The maximum atomic E-state index is 4.54. The van der Waals surface area contributed by atoms with Crippen LogP contribution in [-0.2, 0) is 0 Å². The third kappa shape index (κ3) is 2.83. The largest absolute Gasteiger partial charge is 0.229 e. The highest BCUT2D eigenvalue weighted by Crippen LogP contribution is 2.29. The van der Waals surface area contributed by atoms with Crippen molar-refractivity contribution >= 4 is 33.3 Å². The molecule has 0 aliphatic heterocycles. The van der Waals surface area contributed by atoms with Crippen molar-refractivity contribution in [2.75, 3.05) is 0 Å². The van der Waals surface area contributed by atoms with E-state index in [0.29, 0.717) is 0 Å². The fourth-order valence-corrected chi connectivity index (χ4v) is 3.07. The molecule has 0 N–H and O–H groups in total. The van der Waals surface area contributed by atoms with Crippen LogP contribution in [0.4, 0.5) is 0 Å². The first-order chi connectivity index (χ1) is 7.40.